The minimum absolute atomic E-state index is 0.0822. The van der Waals surface area contributed by atoms with Crippen LogP contribution in [0.5, 0.6) is 0 Å². The van der Waals surface area contributed by atoms with Gasteiger partial charge in [-0.25, -0.2) is 4.79 Å². The number of amides is 1. The number of carbonyl (C=O) groups excluding carboxylic acids is 1. The van der Waals surface area contributed by atoms with Gasteiger partial charge in [0.15, 0.2) is 11.2 Å². The Hall–Kier alpha value is -2.63. The van der Waals surface area contributed by atoms with E-state index in [9.17, 15) is 19.5 Å². The number of hydrogen-bond acceptors (Lipinski definition) is 4. The van der Waals surface area contributed by atoms with E-state index in [1.54, 1.807) is 24.3 Å². The van der Waals surface area contributed by atoms with Crippen LogP contribution >= 0.6 is 0 Å². The van der Waals surface area contributed by atoms with Crippen LogP contribution in [0.25, 0.3) is 11.0 Å². The first kappa shape index (κ1) is 15.9. The summed E-state index contributed by atoms with van der Waals surface area (Å²) >= 11 is 0. The maximum absolute atomic E-state index is 13.0. The molecular formula is C19H19NO5. The number of hydrogen-bond donors (Lipinski definition) is 1. The molecule has 1 saturated carbocycles. The number of likely N-dealkylation sites (tertiary alicyclic amines) is 1. The van der Waals surface area contributed by atoms with Gasteiger partial charge in [0.25, 0.3) is 5.91 Å². The molecule has 1 N–H and O–H groups in total. The molecule has 1 aliphatic carbocycles. The predicted molar refractivity (Wildman–Crippen MR) is 90.4 cm³/mol. The third-order valence-corrected chi connectivity index (χ3v) is 5.45. The van der Waals surface area contributed by atoms with Crippen molar-refractivity contribution in [3.63, 3.8) is 0 Å². The number of carboxylic acids is 1. The summed E-state index contributed by atoms with van der Waals surface area (Å²) in [4.78, 5) is 38.4. The Morgan fingerprint density at radius 2 is 1.92 bits per heavy atom. The highest BCUT2D eigenvalue weighted by atomic mass is 16.4. The van der Waals surface area contributed by atoms with Crippen molar-refractivity contribution in [2.45, 2.75) is 44.2 Å². The summed E-state index contributed by atoms with van der Waals surface area (Å²) in [5.74, 6) is -1.36. The number of rotatable bonds is 2. The smallest absolute Gasteiger partial charge is 0.326 e. The summed E-state index contributed by atoms with van der Waals surface area (Å²) in [6.07, 6.45) is 4.28. The summed E-state index contributed by atoms with van der Waals surface area (Å²) in [7, 11) is 0. The Balaban J connectivity index is 1.76. The van der Waals surface area contributed by atoms with Gasteiger partial charge < -0.3 is 14.4 Å². The third kappa shape index (κ3) is 2.62. The van der Waals surface area contributed by atoms with Crippen molar-refractivity contribution in [2.75, 3.05) is 0 Å². The average Bonchev–Trinajstić information content (AvgIpc) is 3.01. The highest BCUT2D eigenvalue weighted by molar-refractivity contribution is 5.96. The molecule has 2 fully saturated rings. The van der Waals surface area contributed by atoms with Gasteiger partial charge in [0.05, 0.1) is 5.39 Å². The van der Waals surface area contributed by atoms with Crippen molar-refractivity contribution in [3.8, 4) is 0 Å². The quantitative estimate of drug-likeness (QED) is 0.907. The first-order chi connectivity index (χ1) is 12.1. The van der Waals surface area contributed by atoms with Crippen molar-refractivity contribution in [1.82, 2.24) is 4.90 Å². The fraction of sp³-hybridized carbons (Fsp3) is 0.421. The minimum atomic E-state index is -0.995. The van der Waals surface area contributed by atoms with Gasteiger partial charge in [-0.2, -0.15) is 0 Å². The van der Waals surface area contributed by atoms with E-state index in [4.69, 9.17) is 4.42 Å². The number of fused-ring (bicyclic) bond motifs is 2. The topological polar surface area (TPSA) is 87.8 Å². The van der Waals surface area contributed by atoms with E-state index >= 15 is 0 Å². The van der Waals surface area contributed by atoms with Crippen LogP contribution in [0.15, 0.2) is 39.5 Å². The number of para-hydroxylation sites is 1. The second kappa shape index (κ2) is 6.02. The Labute approximate surface area is 144 Å². The number of benzene rings is 1. The molecular weight excluding hydrogens is 322 g/mol. The fourth-order valence-corrected chi connectivity index (χ4v) is 4.31. The first-order valence-electron chi connectivity index (χ1n) is 8.64. The molecule has 1 aromatic heterocycles. The molecule has 1 aliphatic heterocycles. The second-order valence-electron chi connectivity index (χ2n) is 6.89. The lowest BCUT2D eigenvalue weighted by Gasteiger charge is -2.32. The van der Waals surface area contributed by atoms with Crippen LogP contribution < -0.4 is 5.43 Å². The zero-order valence-corrected chi connectivity index (χ0v) is 13.7. The summed E-state index contributed by atoms with van der Waals surface area (Å²) < 4.78 is 5.64. The van der Waals surface area contributed by atoms with Gasteiger partial charge in [-0.1, -0.05) is 25.0 Å². The lowest BCUT2D eigenvalue weighted by molar-refractivity contribution is -0.141. The standard InChI is InChI=1S/C19H19NO5/c21-15-10-17(25-16-8-4-2-6-12(15)16)18(22)20-13-7-3-1-5-11(13)9-14(20)19(23)24/h2,4,6,8,10-11,13-14H,1,3,5,7,9H2,(H,23,24)/t11-,13+,14-/m0/s1. The van der Waals surface area contributed by atoms with Gasteiger partial charge >= 0.3 is 5.97 Å². The lowest BCUT2D eigenvalue weighted by Crippen LogP contribution is -2.46. The summed E-state index contributed by atoms with van der Waals surface area (Å²) in [5.41, 5.74) is 0.0427. The lowest BCUT2D eigenvalue weighted by atomic mass is 9.84. The van der Waals surface area contributed by atoms with E-state index in [1.807, 2.05) is 0 Å². The number of carboxylic acid groups (broad SMARTS) is 1. The summed E-state index contributed by atoms with van der Waals surface area (Å²) in [5, 5.41) is 9.97. The summed E-state index contributed by atoms with van der Waals surface area (Å²) in [6, 6.07) is 6.98. The summed E-state index contributed by atoms with van der Waals surface area (Å²) in [6.45, 7) is 0. The highest BCUT2D eigenvalue weighted by Crippen LogP contribution is 2.40. The SMILES string of the molecule is O=C(O)[C@@H]1C[C@@H]2CCCC[C@H]2N1C(=O)c1cc(=O)c2ccccc2o1. The minimum Gasteiger partial charge on any atom is -0.480 e. The molecule has 6 heteroatoms. The molecule has 130 valence electrons. The van der Waals surface area contributed by atoms with Crippen LogP contribution in [-0.2, 0) is 4.79 Å². The average molecular weight is 341 g/mol. The van der Waals surface area contributed by atoms with Crippen LogP contribution in [0.4, 0.5) is 0 Å². The van der Waals surface area contributed by atoms with Gasteiger partial charge in [-0.15, -0.1) is 0 Å². The zero-order chi connectivity index (χ0) is 17.6. The zero-order valence-electron chi connectivity index (χ0n) is 13.7. The Morgan fingerprint density at radius 3 is 2.72 bits per heavy atom. The number of nitrogens with zero attached hydrogens (tertiary/aromatic N) is 1. The van der Waals surface area contributed by atoms with Crippen molar-refractivity contribution < 1.29 is 19.1 Å². The second-order valence-corrected chi connectivity index (χ2v) is 6.89. The molecule has 0 spiro atoms. The molecule has 1 aromatic carbocycles. The monoisotopic (exact) mass is 341 g/mol. The van der Waals surface area contributed by atoms with E-state index in [2.05, 4.69) is 0 Å². The van der Waals surface area contributed by atoms with Crippen molar-refractivity contribution in [2.24, 2.45) is 5.92 Å². The predicted octanol–water partition coefficient (Wildman–Crippen LogP) is 2.65. The van der Waals surface area contributed by atoms with E-state index in [-0.39, 0.29) is 23.1 Å². The van der Waals surface area contributed by atoms with Crippen LogP contribution in [0.2, 0.25) is 0 Å². The normalized spacial score (nSPS) is 25.8. The Bertz CT molecular complexity index is 902. The molecule has 0 bridgehead atoms. The van der Waals surface area contributed by atoms with Crippen molar-refractivity contribution in [1.29, 1.82) is 0 Å². The van der Waals surface area contributed by atoms with Crippen LogP contribution in [0, 0.1) is 5.92 Å². The molecule has 1 amide bonds. The van der Waals surface area contributed by atoms with E-state index in [0.717, 1.165) is 25.7 Å². The van der Waals surface area contributed by atoms with Crippen molar-refractivity contribution >= 4 is 22.8 Å². The number of carbonyl (C=O) groups is 2. The maximum atomic E-state index is 13.0. The van der Waals surface area contributed by atoms with Crippen LogP contribution in [0.3, 0.4) is 0 Å². The molecule has 4 rings (SSSR count). The number of aliphatic carboxylic acids is 1. The molecule has 2 aromatic rings. The highest BCUT2D eigenvalue weighted by Gasteiger charge is 2.48. The largest absolute Gasteiger partial charge is 0.480 e. The molecule has 6 nitrogen and oxygen atoms in total. The van der Waals surface area contributed by atoms with Gasteiger partial charge in [-0.3, -0.25) is 9.59 Å². The fourth-order valence-electron chi connectivity index (χ4n) is 4.31. The van der Waals surface area contributed by atoms with Gasteiger partial charge in [-0.05, 0) is 37.3 Å². The molecule has 2 heterocycles. The van der Waals surface area contributed by atoms with Crippen LogP contribution in [0.1, 0.15) is 42.7 Å². The van der Waals surface area contributed by atoms with Gasteiger partial charge in [0, 0.05) is 12.1 Å². The van der Waals surface area contributed by atoms with E-state index < -0.39 is 17.9 Å². The van der Waals surface area contributed by atoms with Crippen molar-refractivity contribution in [3.05, 3.63) is 46.3 Å². The van der Waals surface area contributed by atoms with E-state index in [1.165, 1.54) is 11.0 Å². The molecule has 25 heavy (non-hydrogen) atoms. The third-order valence-electron chi connectivity index (χ3n) is 5.45. The van der Waals surface area contributed by atoms with Crippen LogP contribution in [-0.4, -0.2) is 34.0 Å². The van der Waals surface area contributed by atoms with Gasteiger partial charge in [0.1, 0.15) is 11.6 Å². The molecule has 0 unspecified atom stereocenters. The molecule has 3 atom stereocenters. The molecule has 2 aliphatic rings. The Kier molecular flexibility index (Phi) is 3.82. The molecule has 1 saturated heterocycles. The maximum Gasteiger partial charge on any atom is 0.326 e. The van der Waals surface area contributed by atoms with E-state index in [0.29, 0.717) is 17.4 Å². The first-order valence-corrected chi connectivity index (χ1v) is 8.64. The van der Waals surface area contributed by atoms with Gasteiger partial charge in [0.2, 0.25) is 0 Å². The molecule has 0 radical (unpaired) electrons. The Morgan fingerprint density at radius 1 is 1.16 bits per heavy atom.